The van der Waals surface area contributed by atoms with Crippen molar-refractivity contribution >= 4 is 122 Å². The van der Waals surface area contributed by atoms with E-state index in [1.165, 1.54) is 0 Å². The summed E-state index contributed by atoms with van der Waals surface area (Å²) in [5.74, 6) is -9.34. The first kappa shape index (κ1) is 66.1. The summed E-state index contributed by atoms with van der Waals surface area (Å²) in [4.78, 5) is 123. The molecule has 0 radical (unpaired) electrons. The van der Waals surface area contributed by atoms with Crippen LogP contribution in [-0.2, 0) is 38.4 Å². The summed E-state index contributed by atoms with van der Waals surface area (Å²) in [6, 6.07) is 80.4. The van der Waals surface area contributed by atoms with Crippen LogP contribution in [0.1, 0.15) is 97.3 Å². The molecule has 2 heterocycles. The number of benzene rings is 12. The molecule has 22 rings (SSSR count). The highest BCUT2D eigenvalue weighted by molar-refractivity contribution is 6.21. The number of rotatable bonds is 7. The summed E-state index contributed by atoms with van der Waals surface area (Å²) in [7, 11) is 0. The van der Waals surface area contributed by atoms with E-state index in [4.69, 9.17) is 4.98 Å². The van der Waals surface area contributed by atoms with Gasteiger partial charge in [-0.3, -0.25) is 42.9 Å². The van der Waals surface area contributed by atoms with Crippen LogP contribution >= 0.6 is 0 Å². The third-order valence-electron chi connectivity index (χ3n) is 27.5. The second kappa shape index (κ2) is 25.2. The molecule has 8 saturated carbocycles. The highest BCUT2D eigenvalue weighted by atomic mass is 16.3. The minimum atomic E-state index is -1.13. The maximum atomic E-state index is 14.8. The Bertz CT molecular complexity index is 6130. The van der Waals surface area contributed by atoms with Crippen molar-refractivity contribution in [3.05, 3.63) is 271 Å². The molecular weight excluding hydrogens is 1370 g/mol. The van der Waals surface area contributed by atoms with Crippen LogP contribution in [0, 0.1) is 71.0 Å². The van der Waals surface area contributed by atoms with Crippen molar-refractivity contribution in [3.63, 3.8) is 0 Å². The second-order valence-corrected chi connectivity index (χ2v) is 32.3. The number of carbonyl (C=O) groups is 8. The number of aromatic nitrogens is 3. The van der Waals surface area contributed by atoms with Gasteiger partial charge >= 0.3 is 0 Å². The van der Waals surface area contributed by atoms with E-state index in [9.17, 15) is 48.6 Å². The number of para-hydroxylation sites is 6. The first-order chi connectivity index (χ1) is 53.8. The summed E-state index contributed by atoms with van der Waals surface area (Å²) in [6.07, 6.45) is 3.97. The number of phenols is 2. The monoisotopic (exact) mass is 1440 g/mol. The molecule has 0 bridgehead atoms. The van der Waals surface area contributed by atoms with Gasteiger partial charge < -0.3 is 14.8 Å². The summed E-state index contributed by atoms with van der Waals surface area (Å²) < 4.78 is 3.91. The summed E-state index contributed by atoms with van der Waals surface area (Å²) >= 11 is 0. The molecule has 8 unspecified atom stereocenters. The predicted molar refractivity (Wildman–Crippen MR) is 423 cm³/mol. The molecule has 13 heteroatoms. The Kier molecular flexibility index (Phi) is 15.2. The molecule has 110 heavy (non-hydrogen) atoms. The number of imidazole rings is 1. The topological polar surface area (TPSA) is 200 Å². The van der Waals surface area contributed by atoms with E-state index in [2.05, 4.69) is 24.3 Å². The first-order valence-corrected chi connectivity index (χ1v) is 39.1. The molecule has 0 saturated heterocycles. The second-order valence-electron chi connectivity index (χ2n) is 32.3. The average Bonchev–Trinajstić information content (AvgIpc) is 0.895. The van der Waals surface area contributed by atoms with E-state index >= 15 is 0 Å². The molecule has 8 aliphatic rings. The summed E-state index contributed by atoms with van der Waals surface area (Å²) in [5, 5.41) is 34.0. The molecule has 2 aromatic heterocycles. The Morgan fingerprint density at radius 2 is 0.564 bits per heavy atom. The molecule has 0 amide bonds. The van der Waals surface area contributed by atoms with Gasteiger partial charge in [0.2, 0.25) is 0 Å². The molecule has 0 aliphatic heterocycles. The molecule has 8 atom stereocenters. The van der Waals surface area contributed by atoms with Crippen molar-refractivity contribution in [3.8, 4) is 34.3 Å². The zero-order valence-corrected chi connectivity index (χ0v) is 60.1. The number of ketones is 8. The van der Waals surface area contributed by atoms with Gasteiger partial charge in [0.1, 0.15) is 41.0 Å². The first-order valence-electron chi connectivity index (χ1n) is 39.1. The third kappa shape index (κ3) is 9.54. The number of fused-ring (bicyclic) bond motifs is 8. The SMILES string of the molecule is O=C1C(c2cccc(-n3c(-c4ccccc4)nc4ccccc43)c2O)C(=O)C2CCC3C(=O)C(c4c5ccccc5cc5ccccc45)C(=O)C4CCC1C2C43.O=C1C(c2cccc(-n3c4ccccc4c4ccccc43)c2O)C(=O)C2CCC3C(=O)C(c4c5ccccc5cc5ccccc45)C(=O)C4CCC1C2C43. The average molecular weight is 1440 g/mol. The Hall–Kier alpha value is -12.1. The fourth-order valence-electron chi connectivity index (χ4n) is 23.2. The predicted octanol–water partition coefficient (Wildman–Crippen LogP) is 18.4. The fourth-order valence-corrected chi connectivity index (χ4v) is 23.2. The van der Waals surface area contributed by atoms with Crippen LogP contribution in [-0.4, -0.2) is 70.6 Å². The van der Waals surface area contributed by atoms with Gasteiger partial charge in [-0.25, -0.2) is 4.98 Å². The Morgan fingerprint density at radius 1 is 0.273 bits per heavy atom. The van der Waals surface area contributed by atoms with E-state index in [-0.39, 0.29) is 93.3 Å². The van der Waals surface area contributed by atoms with Crippen LogP contribution in [0.5, 0.6) is 11.5 Å². The van der Waals surface area contributed by atoms with Crippen LogP contribution in [0.4, 0.5) is 0 Å². The maximum absolute atomic E-state index is 14.8. The molecule has 8 fully saturated rings. The molecule has 8 aliphatic carbocycles. The molecule has 13 nitrogen and oxygen atoms in total. The third-order valence-corrected chi connectivity index (χ3v) is 27.5. The lowest BCUT2D eigenvalue weighted by Crippen LogP contribution is -2.61. The quantitative estimate of drug-likeness (QED) is 0.114. The standard InChI is InChI=1S/C49H38N2O5.C48H37NO5/c52-44-31(17-10-20-38(44)51-37-19-9-8-18-36(37)50-49(51)26-11-2-1-3-12-26)42-45(53)32-21-23-34-41-35(24-22-33(40(32)41)46(42)54)48(56)43(47(34)55)39-29-15-6-4-13-27(29)25-28-14-5-7-16-30(28)39;50-44-31(16-9-19-38(44)49-36-17-7-5-14-29(36)30-15-6-8-18-37(30)49)42-45(51)32-20-22-34-41-35(23-21-33(40(32)41)46(42)52)48(54)43(47(34)53)39-27-12-3-1-10-25(27)24-26-11-2-4-13-28(26)39/h1-20,25,32-35,40-43,52H,21-24H2;1-19,24,32-35,40-43,50H,20-23H2. The Balaban J connectivity index is 0.000000140. The molecule has 12 aromatic carbocycles. The van der Waals surface area contributed by atoms with Gasteiger partial charge in [-0.05, 0) is 178 Å². The van der Waals surface area contributed by atoms with Gasteiger partial charge in [0.25, 0.3) is 0 Å². The Morgan fingerprint density at radius 3 is 0.927 bits per heavy atom. The number of carbonyl (C=O) groups excluding carboxylic acids is 8. The lowest BCUT2D eigenvalue weighted by Gasteiger charge is -2.56. The van der Waals surface area contributed by atoms with Crippen molar-refractivity contribution in [1.82, 2.24) is 14.1 Å². The van der Waals surface area contributed by atoms with Gasteiger partial charge in [0.05, 0.1) is 33.4 Å². The van der Waals surface area contributed by atoms with Gasteiger partial charge in [0.15, 0.2) is 46.3 Å². The van der Waals surface area contributed by atoms with E-state index < -0.39 is 59.2 Å². The number of phenolic OH excluding ortho intramolecular Hbond substituents is 2. The zero-order valence-electron chi connectivity index (χ0n) is 60.1. The zero-order chi connectivity index (χ0) is 74.2. The van der Waals surface area contributed by atoms with Crippen LogP contribution < -0.4 is 0 Å². The molecule has 14 aromatic rings. The minimum Gasteiger partial charge on any atom is -0.505 e. The van der Waals surface area contributed by atoms with Crippen LogP contribution in [0.2, 0.25) is 0 Å². The smallest absolute Gasteiger partial charge is 0.151 e. The number of nitrogens with zero attached hydrogens (tertiary/aromatic N) is 3. The van der Waals surface area contributed by atoms with Crippen molar-refractivity contribution in [2.24, 2.45) is 71.0 Å². The van der Waals surface area contributed by atoms with Gasteiger partial charge in [-0.2, -0.15) is 0 Å². The number of aromatic hydroxyl groups is 2. The fraction of sp³-hybridized carbons (Fsp3) is 0.247. The normalized spacial score (nSPS) is 27.6. The number of hydrogen-bond donors (Lipinski definition) is 2. The maximum Gasteiger partial charge on any atom is 0.151 e. The number of hydrogen-bond acceptors (Lipinski definition) is 11. The van der Waals surface area contributed by atoms with Crippen molar-refractivity contribution in [2.75, 3.05) is 0 Å². The highest BCUT2D eigenvalue weighted by Crippen LogP contribution is 2.64. The van der Waals surface area contributed by atoms with Crippen LogP contribution in [0.15, 0.2) is 249 Å². The molecular formula is C97H75N3O10. The van der Waals surface area contributed by atoms with Gasteiger partial charge in [-0.15, -0.1) is 0 Å². The van der Waals surface area contributed by atoms with Gasteiger partial charge in [-0.1, -0.05) is 200 Å². The molecule has 538 valence electrons. The van der Waals surface area contributed by atoms with E-state index in [1.807, 2.05) is 209 Å². The minimum absolute atomic E-state index is 0.0552. The molecule has 2 N–H and O–H groups in total. The van der Waals surface area contributed by atoms with Crippen LogP contribution in [0.25, 0.3) is 98.7 Å². The lowest BCUT2D eigenvalue weighted by molar-refractivity contribution is -0.166. The van der Waals surface area contributed by atoms with E-state index in [1.54, 1.807) is 24.3 Å². The summed E-state index contributed by atoms with van der Waals surface area (Å²) in [5.41, 5.74) is 7.46. The highest BCUT2D eigenvalue weighted by Gasteiger charge is 2.66. The van der Waals surface area contributed by atoms with Crippen molar-refractivity contribution in [2.45, 2.75) is 75.0 Å². The van der Waals surface area contributed by atoms with E-state index in [0.717, 1.165) is 92.6 Å². The van der Waals surface area contributed by atoms with Crippen molar-refractivity contribution < 1.29 is 48.6 Å². The lowest BCUT2D eigenvalue weighted by atomic mass is 9.44. The van der Waals surface area contributed by atoms with E-state index in [0.29, 0.717) is 79.7 Å². The summed E-state index contributed by atoms with van der Waals surface area (Å²) in [6.45, 7) is 0. The van der Waals surface area contributed by atoms with Crippen LogP contribution in [0.3, 0.4) is 0 Å². The largest absolute Gasteiger partial charge is 0.505 e. The number of Topliss-reactive ketones (excluding diaryl/α,β-unsaturated/α-hetero) is 8. The van der Waals surface area contributed by atoms with Crippen molar-refractivity contribution in [1.29, 1.82) is 0 Å². The Labute approximate surface area is 632 Å². The molecule has 0 spiro atoms. The van der Waals surface area contributed by atoms with Gasteiger partial charge in [0, 0.05) is 74.8 Å².